The first kappa shape index (κ1) is 16.4. The minimum atomic E-state index is -2.02. The minimum Gasteiger partial charge on any atom is -0.394 e. The molecule has 0 radical (unpaired) electrons. The molecular weight excluding hydrogens is 264 g/mol. The van der Waals surface area contributed by atoms with Crippen molar-refractivity contribution in [2.75, 3.05) is 13.2 Å². The van der Waals surface area contributed by atoms with E-state index in [1.165, 1.54) is 0 Å². The Morgan fingerprint density at radius 3 is 2.11 bits per heavy atom. The van der Waals surface area contributed by atoms with E-state index in [0.717, 1.165) is 0 Å². The van der Waals surface area contributed by atoms with Crippen LogP contribution in [-0.4, -0.2) is 97.5 Å². The van der Waals surface area contributed by atoms with Crippen LogP contribution in [0.15, 0.2) is 0 Å². The Kier molecular flexibility index (Phi) is 5.77. The molecule has 0 bridgehead atoms. The van der Waals surface area contributed by atoms with Gasteiger partial charge < -0.3 is 40.5 Å². The fraction of sp³-hybridized carbons (Fsp3) is 0.900. The summed E-state index contributed by atoms with van der Waals surface area (Å²) >= 11 is 0. The molecule has 7 atom stereocenters. The third-order valence-corrected chi connectivity index (χ3v) is 3.02. The van der Waals surface area contributed by atoms with E-state index in [1.807, 2.05) is 0 Å². The van der Waals surface area contributed by atoms with Crippen molar-refractivity contribution in [3.63, 3.8) is 0 Å². The summed E-state index contributed by atoms with van der Waals surface area (Å²) in [5.41, 5.74) is 0. The summed E-state index contributed by atoms with van der Waals surface area (Å²) in [5, 5.41) is 64.6. The van der Waals surface area contributed by atoms with Crippen molar-refractivity contribution >= 4 is 5.78 Å². The van der Waals surface area contributed by atoms with E-state index in [9.17, 15) is 25.2 Å². The van der Waals surface area contributed by atoms with Gasteiger partial charge in [0, 0.05) is 0 Å². The summed E-state index contributed by atoms with van der Waals surface area (Å²) in [5.74, 6) is -1.17. The van der Waals surface area contributed by atoms with Gasteiger partial charge in [-0.15, -0.1) is 0 Å². The molecule has 0 amide bonds. The van der Waals surface area contributed by atoms with Gasteiger partial charge in [0.2, 0.25) is 0 Å². The van der Waals surface area contributed by atoms with Crippen LogP contribution >= 0.6 is 0 Å². The fourth-order valence-electron chi connectivity index (χ4n) is 1.79. The second-order valence-electron chi connectivity index (χ2n) is 4.35. The van der Waals surface area contributed by atoms with Gasteiger partial charge >= 0.3 is 0 Å². The highest BCUT2D eigenvalue weighted by atomic mass is 16.5. The second-order valence-corrected chi connectivity index (χ2v) is 4.35. The van der Waals surface area contributed by atoms with Crippen LogP contribution in [0.4, 0.5) is 0 Å². The Hall–Kier alpha value is -0.650. The summed E-state index contributed by atoms with van der Waals surface area (Å²) in [4.78, 5) is 11.7. The lowest BCUT2D eigenvalue weighted by Crippen LogP contribution is -2.62. The van der Waals surface area contributed by atoms with Gasteiger partial charge in [-0.3, -0.25) is 4.79 Å². The molecule has 0 aromatic rings. The van der Waals surface area contributed by atoms with Gasteiger partial charge in [0.1, 0.15) is 42.7 Å². The van der Waals surface area contributed by atoms with Gasteiger partial charge in [0.25, 0.3) is 0 Å². The zero-order valence-electron chi connectivity index (χ0n) is 9.90. The van der Waals surface area contributed by atoms with Crippen LogP contribution in [0.1, 0.15) is 0 Å². The molecule has 19 heavy (non-hydrogen) atoms. The molecule has 0 aromatic heterocycles. The number of Topliss-reactive ketones (excluding diaryl/α,β-unsaturated/α-hetero) is 1. The van der Waals surface area contributed by atoms with Crippen LogP contribution in [0, 0.1) is 0 Å². The Labute approximate surface area is 108 Å². The molecule has 1 heterocycles. The third kappa shape index (κ3) is 3.27. The molecule has 1 aliphatic heterocycles. The average Bonchev–Trinajstić information content (AvgIpc) is 2.42. The molecule has 9 heteroatoms. The predicted molar refractivity (Wildman–Crippen MR) is 57.9 cm³/mol. The molecule has 0 aliphatic carbocycles. The van der Waals surface area contributed by atoms with Crippen molar-refractivity contribution in [2.45, 2.75) is 42.7 Å². The van der Waals surface area contributed by atoms with Crippen molar-refractivity contribution in [1.82, 2.24) is 0 Å². The van der Waals surface area contributed by atoms with Crippen LogP contribution in [0.25, 0.3) is 0 Å². The van der Waals surface area contributed by atoms with Crippen LogP contribution in [-0.2, 0) is 9.53 Å². The zero-order valence-corrected chi connectivity index (χ0v) is 9.90. The fourth-order valence-corrected chi connectivity index (χ4v) is 1.79. The number of rotatable bonds is 5. The number of hydrogen-bond donors (Lipinski definition) is 7. The quantitative estimate of drug-likeness (QED) is 0.261. The normalized spacial score (nSPS) is 38.8. The smallest absolute Gasteiger partial charge is 0.195 e. The standard InChI is InChI=1S/C10H18O9/c11-1-3(13)5(14)8(17)10-9(18)7(16)6(15)4(2-12)19-10/h3-7,9-16,18H,1-2H2/t3-,4-,5-,6-,7+,9-,10+/m1/s1. The van der Waals surface area contributed by atoms with Crippen LogP contribution in [0.2, 0.25) is 0 Å². The topological polar surface area (TPSA) is 168 Å². The largest absolute Gasteiger partial charge is 0.394 e. The number of ketones is 1. The maximum Gasteiger partial charge on any atom is 0.195 e. The van der Waals surface area contributed by atoms with Crippen LogP contribution < -0.4 is 0 Å². The Morgan fingerprint density at radius 2 is 1.63 bits per heavy atom. The number of carbonyl (C=O) groups is 1. The molecule has 0 spiro atoms. The maximum atomic E-state index is 11.7. The first-order valence-electron chi connectivity index (χ1n) is 5.66. The summed E-state index contributed by atoms with van der Waals surface area (Å²) in [6.45, 7) is -1.60. The molecule has 1 rings (SSSR count). The lowest BCUT2D eigenvalue weighted by molar-refractivity contribution is -0.230. The summed E-state index contributed by atoms with van der Waals surface area (Å²) in [6, 6.07) is 0. The van der Waals surface area contributed by atoms with E-state index >= 15 is 0 Å². The average molecular weight is 282 g/mol. The highest BCUT2D eigenvalue weighted by Crippen LogP contribution is 2.23. The van der Waals surface area contributed by atoms with E-state index < -0.39 is 61.7 Å². The second kappa shape index (κ2) is 6.68. The maximum absolute atomic E-state index is 11.7. The third-order valence-electron chi connectivity index (χ3n) is 3.02. The lowest BCUT2D eigenvalue weighted by Gasteiger charge is -2.40. The Morgan fingerprint density at radius 1 is 1.05 bits per heavy atom. The molecule has 1 aliphatic rings. The Balaban J connectivity index is 2.84. The van der Waals surface area contributed by atoms with Gasteiger partial charge in [-0.2, -0.15) is 0 Å². The summed E-state index contributed by atoms with van der Waals surface area (Å²) < 4.78 is 4.90. The summed E-state index contributed by atoms with van der Waals surface area (Å²) in [6.07, 6.45) is -12.0. The van der Waals surface area contributed by atoms with Crippen molar-refractivity contribution in [1.29, 1.82) is 0 Å². The SMILES string of the molecule is O=C([C@H](O)[C@H](O)CO)[C@@H]1O[C@H](CO)[C@@H](O)[C@H](O)[C@H]1O. The molecule has 1 saturated heterocycles. The van der Waals surface area contributed by atoms with E-state index in [4.69, 9.17) is 20.1 Å². The number of aliphatic hydroxyl groups excluding tert-OH is 7. The number of hydrogen-bond acceptors (Lipinski definition) is 9. The van der Waals surface area contributed by atoms with Gasteiger partial charge in [-0.1, -0.05) is 0 Å². The zero-order chi connectivity index (χ0) is 14.7. The van der Waals surface area contributed by atoms with E-state index in [-0.39, 0.29) is 0 Å². The van der Waals surface area contributed by atoms with Crippen molar-refractivity contribution < 1.29 is 45.3 Å². The molecule has 9 nitrogen and oxygen atoms in total. The number of aliphatic hydroxyl groups is 7. The minimum absolute atomic E-state index is 0.715. The molecule has 112 valence electrons. The molecular formula is C10H18O9. The van der Waals surface area contributed by atoms with Crippen LogP contribution in [0.3, 0.4) is 0 Å². The predicted octanol–water partition coefficient (Wildman–Crippen LogP) is -4.89. The van der Waals surface area contributed by atoms with Crippen LogP contribution in [0.5, 0.6) is 0 Å². The van der Waals surface area contributed by atoms with E-state index in [1.54, 1.807) is 0 Å². The van der Waals surface area contributed by atoms with Crippen molar-refractivity contribution in [3.8, 4) is 0 Å². The van der Waals surface area contributed by atoms with E-state index in [0.29, 0.717) is 0 Å². The molecule has 1 fully saturated rings. The first-order valence-corrected chi connectivity index (χ1v) is 5.66. The first-order chi connectivity index (χ1) is 8.84. The molecule has 7 N–H and O–H groups in total. The van der Waals surface area contributed by atoms with Crippen molar-refractivity contribution in [3.05, 3.63) is 0 Å². The summed E-state index contributed by atoms with van der Waals surface area (Å²) in [7, 11) is 0. The number of ether oxygens (including phenoxy) is 1. The highest BCUT2D eigenvalue weighted by molar-refractivity contribution is 5.88. The lowest BCUT2D eigenvalue weighted by atomic mass is 9.90. The van der Waals surface area contributed by atoms with Crippen molar-refractivity contribution in [2.24, 2.45) is 0 Å². The Bertz CT molecular complexity index is 307. The van der Waals surface area contributed by atoms with E-state index in [2.05, 4.69) is 0 Å². The molecule has 0 unspecified atom stereocenters. The molecule has 0 aromatic carbocycles. The molecule has 0 saturated carbocycles. The van der Waals surface area contributed by atoms with Gasteiger partial charge in [-0.05, 0) is 0 Å². The van der Waals surface area contributed by atoms with Gasteiger partial charge in [0.15, 0.2) is 5.78 Å². The van der Waals surface area contributed by atoms with Gasteiger partial charge in [-0.25, -0.2) is 0 Å². The van der Waals surface area contributed by atoms with Gasteiger partial charge in [0.05, 0.1) is 13.2 Å². The monoisotopic (exact) mass is 282 g/mol. The number of carbonyl (C=O) groups excluding carboxylic acids is 1. The highest BCUT2D eigenvalue weighted by Gasteiger charge is 2.48.